The van der Waals surface area contributed by atoms with E-state index >= 15 is 0 Å². The zero-order valence-electron chi connectivity index (χ0n) is 10.7. The lowest BCUT2D eigenvalue weighted by Gasteiger charge is -2.16. The fraction of sp³-hybridized carbons (Fsp3) is 0.500. The van der Waals surface area contributed by atoms with Crippen molar-refractivity contribution in [3.8, 4) is 6.07 Å². The Morgan fingerprint density at radius 1 is 1.56 bits per heavy atom. The van der Waals surface area contributed by atoms with Crippen LogP contribution in [-0.2, 0) is 0 Å². The van der Waals surface area contributed by atoms with Crippen LogP contribution >= 0.6 is 0 Å². The van der Waals surface area contributed by atoms with Crippen molar-refractivity contribution in [2.75, 3.05) is 5.32 Å². The predicted molar refractivity (Wildman–Crippen MR) is 68.1 cm³/mol. The molecule has 0 saturated heterocycles. The molecule has 1 unspecified atom stereocenters. The third-order valence-electron chi connectivity index (χ3n) is 2.41. The summed E-state index contributed by atoms with van der Waals surface area (Å²) in [6, 6.07) is 3.31. The van der Waals surface area contributed by atoms with Gasteiger partial charge in [-0.1, -0.05) is 13.8 Å². The SMILES string of the molecule is CC(C)CC(C)Nc1ncc([N+](=O)[O-])cc1C#N. The Morgan fingerprint density at radius 3 is 2.72 bits per heavy atom. The molecule has 0 aliphatic rings. The molecular weight excluding hydrogens is 232 g/mol. The van der Waals surface area contributed by atoms with E-state index in [9.17, 15) is 10.1 Å². The maximum absolute atomic E-state index is 10.6. The Hall–Kier alpha value is -2.16. The van der Waals surface area contributed by atoms with E-state index < -0.39 is 4.92 Å². The topological polar surface area (TPSA) is 91.8 Å². The largest absolute Gasteiger partial charge is 0.367 e. The van der Waals surface area contributed by atoms with E-state index in [4.69, 9.17) is 5.26 Å². The molecule has 18 heavy (non-hydrogen) atoms. The Balaban J connectivity index is 2.90. The molecule has 0 saturated carbocycles. The monoisotopic (exact) mass is 248 g/mol. The van der Waals surface area contributed by atoms with Crippen LogP contribution < -0.4 is 5.32 Å². The van der Waals surface area contributed by atoms with Crippen LogP contribution in [0.15, 0.2) is 12.3 Å². The Kier molecular flexibility index (Phi) is 4.60. The van der Waals surface area contributed by atoms with Crippen LogP contribution in [0, 0.1) is 27.4 Å². The van der Waals surface area contributed by atoms with Crippen molar-refractivity contribution in [2.45, 2.75) is 33.2 Å². The van der Waals surface area contributed by atoms with E-state index in [2.05, 4.69) is 24.1 Å². The molecule has 0 aliphatic carbocycles. The summed E-state index contributed by atoms with van der Waals surface area (Å²) >= 11 is 0. The van der Waals surface area contributed by atoms with Gasteiger partial charge in [0.2, 0.25) is 0 Å². The molecule has 0 radical (unpaired) electrons. The number of anilines is 1. The zero-order valence-corrected chi connectivity index (χ0v) is 10.7. The van der Waals surface area contributed by atoms with Crippen molar-refractivity contribution in [3.05, 3.63) is 27.9 Å². The Bertz CT molecular complexity index is 479. The minimum Gasteiger partial charge on any atom is -0.367 e. The molecule has 6 nitrogen and oxygen atoms in total. The molecule has 0 aliphatic heterocycles. The molecule has 1 atom stereocenters. The molecule has 1 aromatic heterocycles. The first-order valence-electron chi connectivity index (χ1n) is 5.75. The first-order chi connectivity index (χ1) is 8.43. The van der Waals surface area contributed by atoms with Gasteiger partial charge in [-0.15, -0.1) is 0 Å². The maximum Gasteiger partial charge on any atom is 0.289 e. The highest BCUT2D eigenvalue weighted by Gasteiger charge is 2.14. The molecule has 1 rings (SSSR count). The standard InChI is InChI=1S/C12H16N4O2/c1-8(2)4-9(3)15-12-10(6-13)5-11(7-14-12)16(17)18/h5,7-9H,4H2,1-3H3,(H,14,15). The van der Waals surface area contributed by atoms with E-state index in [0.717, 1.165) is 12.6 Å². The van der Waals surface area contributed by atoms with E-state index in [1.165, 1.54) is 6.07 Å². The van der Waals surface area contributed by atoms with E-state index in [1.807, 2.05) is 13.0 Å². The van der Waals surface area contributed by atoms with Crippen molar-refractivity contribution in [3.63, 3.8) is 0 Å². The molecule has 1 N–H and O–H groups in total. The molecule has 0 spiro atoms. The van der Waals surface area contributed by atoms with Gasteiger partial charge in [0.1, 0.15) is 23.6 Å². The smallest absolute Gasteiger partial charge is 0.289 e. The Labute approximate surface area is 106 Å². The van der Waals surface area contributed by atoms with Crippen LogP contribution in [0.5, 0.6) is 0 Å². The molecule has 0 bridgehead atoms. The quantitative estimate of drug-likeness (QED) is 0.638. The number of rotatable bonds is 5. The highest BCUT2D eigenvalue weighted by molar-refractivity contribution is 5.55. The fourth-order valence-corrected chi connectivity index (χ4v) is 1.75. The summed E-state index contributed by atoms with van der Waals surface area (Å²) in [5.41, 5.74) is 0.0217. The maximum atomic E-state index is 10.6. The highest BCUT2D eigenvalue weighted by Crippen LogP contribution is 2.20. The minimum absolute atomic E-state index is 0.158. The van der Waals surface area contributed by atoms with Crippen molar-refractivity contribution in [1.29, 1.82) is 5.26 Å². The van der Waals surface area contributed by atoms with Gasteiger partial charge in [0.25, 0.3) is 5.69 Å². The number of nitro groups is 1. The molecule has 96 valence electrons. The summed E-state index contributed by atoms with van der Waals surface area (Å²) in [6.07, 6.45) is 2.09. The minimum atomic E-state index is -0.560. The van der Waals surface area contributed by atoms with Crippen LogP contribution in [0.1, 0.15) is 32.8 Å². The molecule has 1 heterocycles. The van der Waals surface area contributed by atoms with Gasteiger partial charge in [0, 0.05) is 12.1 Å². The zero-order chi connectivity index (χ0) is 13.7. The summed E-state index contributed by atoms with van der Waals surface area (Å²) in [6.45, 7) is 6.20. The molecule has 6 heteroatoms. The van der Waals surface area contributed by atoms with Gasteiger partial charge < -0.3 is 5.32 Å². The molecule has 0 aromatic carbocycles. The molecular formula is C12H16N4O2. The second-order valence-corrected chi connectivity index (χ2v) is 4.63. The average molecular weight is 248 g/mol. The average Bonchev–Trinajstić information content (AvgIpc) is 2.27. The van der Waals surface area contributed by atoms with Gasteiger partial charge in [-0.3, -0.25) is 10.1 Å². The third-order valence-corrected chi connectivity index (χ3v) is 2.41. The van der Waals surface area contributed by atoms with Crippen LogP contribution in [-0.4, -0.2) is 15.9 Å². The summed E-state index contributed by atoms with van der Waals surface area (Å²) in [5, 5.41) is 22.7. The molecule has 1 aromatic rings. The number of nitrogens with one attached hydrogen (secondary N) is 1. The van der Waals surface area contributed by atoms with Crippen molar-refractivity contribution < 1.29 is 4.92 Å². The number of nitrogens with zero attached hydrogens (tertiary/aromatic N) is 3. The lowest BCUT2D eigenvalue weighted by Crippen LogP contribution is -2.19. The number of pyridine rings is 1. The molecule has 0 amide bonds. The van der Waals surface area contributed by atoms with Crippen LogP contribution in [0.4, 0.5) is 11.5 Å². The van der Waals surface area contributed by atoms with Crippen molar-refractivity contribution >= 4 is 11.5 Å². The summed E-state index contributed by atoms with van der Waals surface area (Å²) in [7, 11) is 0. The van der Waals surface area contributed by atoms with E-state index in [0.29, 0.717) is 11.7 Å². The van der Waals surface area contributed by atoms with Gasteiger partial charge >= 0.3 is 0 Å². The number of hydrogen-bond acceptors (Lipinski definition) is 5. The number of nitriles is 1. The summed E-state index contributed by atoms with van der Waals surface area (Å²) < 4.78 is 0. The summed E-state index contributed by atoms with van der Waals surface area (Å²) in [5.74, 6) is 0.923. The van der Waals surface area contributed by atoms with Gasteiger partial charge in [-0.05, 0) is 19.3 Å². The van der Waals surface area contributed by atoms with E-state index in [1.54, 1.807) is 0 Å². The van der Waals surface area contributed by atoms with Gasteiger partial charge in [0.05, 0.1) is 4.92 Å². The summed E-state index contributed by atoms with van der Waals surface area (Å²) in [4.78, 5) is 14.0. The van der Waals surface area contributed by atoms with Crippen LogP contribution in [0.2, 0.25) is 0 Å². The first-order valence-corrected chi connectivity index (χ1v) is 5.75. The van der Waals surface area contributed by atoms with Crippen LogP contribution in [0.25, 0.3) is 0 Å². The van der Waals surface area contributed by atoms with Gasteiger partial charge in [-0.25, -0.2) is 4.98 Å². The lowest BCUT2D eigenvalue weighted by molar-refractivity contribution is -0.385. The fourth-order valence-electron chi connectivity index (χ4n) is 1.75. The predicted octanol–water partition coefficient (Wildman–Crippen LogP) is 2.71. The number of aromatic nitrogens is 1. The molecule has 0 fully saturated rings. The Morgan fingerprint density at radius 2 is 2.22 bits per heavy atom. The van der Waals surface area contributed by atoms with Crippen LogP contribution in [0.3, 0.4) is 0 Å². The first kappa shape index (κ1) is 13.9. The number of hydrogen-bond donors (Lipinski definition) is 1. The normalized spacial score (nSPS) is 11.9. The van der Waals surface area contributed by atoms with Gasteiger partial charge in [-0.2, -0.15) is 5.26 Å². The van der Waals surface area contributed by atoms with E-state index in [-0.39, 0.29) is 17.3 Å². The van der Waals surface area contributed by atoms with Gasteiger partial charge in [0.15, 0.2) is 0 Å². The second-order valence-electron chi connectivity index (χ2n) is 4.63. The van der Waals surface area contributed by atoms with Crippen molar-refractivity contribution in [2.24, 2.45) is 5.92 Å². The third kappa shape index (κ3) is 3.70. The highest BCUT2D eigenvalue weighted by atomic mass is 16.6. The lowest BCUT2D eigenvalue weighted by atomic mass is 10.1. The van der Waals surface area contributed by atoms with Crippen molar-refractivity contribution in [1.82, 2.24) is 4.98 Å². The second kappa shape index (κ2) is 5.96.